The molecule has 1 heterocycles. The minimum Gasteiger partial charge on any atom is -0.458 e. The Morgan fingerprint density at radius 3 is 2.36 bits per heavy atom. The lowest BCUT2D eigenvalue weighted by atomic mass is 9.62. The van der Waals surface area contributed by atoms with E-state index in [0.717, 1.165) is 25.7 Å². The van der Waals surface area contributed by atoms with Crippen molar-refractivity contribution in [2.45, 2.75) is 109 Å². The lowest BCUT2D eigenvalue weighted by molar-refractivity contribution is -0.249. The summed E-state index contributed by atoms with van der Waals surface area (Å²) in [4.78, 5) is 25.1. The fraction of sp³-hybridized carbons (Fsp3) is 0.818. The standard InChI is InChI=1S/C22H34O6/c1-14(2)17(23)26-15-9-12-21(13-16(15)27-18(21)24)22(10-7-8-11-22)28-20(5,6)19(3,4)25/h15-16,25H,1,7-13H2,2-6H3. The SMILES string of the molecule is C=C(C)C(=O)OC1CCC2(C3(OC(C)(C)C(C)(C)O)CCCC3)CC1OC2=O. The molecule has 6 nitrogen and oxygen atoms in total. The van der Waals surface area contributed by atoms with Crippen LogP contribution in [0.1, 0.15) is 79.6 Å². The largest absolute Gasteiger partial charge is 0.458 e. The number of aliphatic hydroxyl groups is 1. The van der Waals surface area contributed by atoms with E-state index in [1.807, 2.05) is 13.8 Å². The van der Waals surface area contributed by atoms with Crippen LogP contribution in [0.15, 0.2) is 12.2 Å². The van der Waals surface area contributed by atoms with E-state index in [1.165, 1.54) is 0 Å². The smallest absolute Gasteiger partial charge is 0.333 e. The molecule has 0 radical (unpaired) electrons. The van der Waals surface area contributed by atoms with Crippen molar-refractivity contribution in [1.82, 2.24) is 0 Å². The minimum atomic E-state index is -1.06. The molecule has 1 N–H and O–H groups in total. The van der Waals surface area contributed by atoms with Gasteiger partial charge in [-0.2, -0.15) is 0 Å². The molecule has 3 fully saturated rings. The molecule has 3 atom stereocenters. The highest BCUT2D eigenvalue weighted by atomic mass is 16.6. The molecule has 0 aromatic heterocycles. The number of ether oxygens (including phenoxy) is 3. The molecule has 1 aliphatic heterocycles. The average molecular weight is 395 g/mol. The lowest BCUT2D eigenvalue weighted by Gasteiger charge is -2.51. The van der Waals surface area contributed by atoms with Gasteiger partial charge in [0.15, 0.2) is 0 Å². The van der Waals surface area contributed by atoms with Crippen LogP contribution >= 0.6 is 0 Å². The fourth-order valence-corrected chi connectivity index (χ4v) is 4.92. The second-order valence-corrected chi connectivity index (χ2v) is 9.87. The van der Waals surface area contributed by atoms with E-state index in [0.29, 0.717) is 24.8 Å². The number of carbonyl (C=O) groups is 2. The van der Waals surface area contributed by atoms with Gasteiger partial charge < -0.3 is 19.3 Å². The van der Waals surface area contributed by atoms with Gasteiger partial charge in [-0.25, -0.2) is 4.79 Å². The van der Waals surface area contributed by atoms with Gasteiger partial charge in [0.1, 0.15) is 17.6 Å². The molecule has 0 spiro atoms. The monoisotopic (exact) mass is 394 g/mol. The molecule has 2 saturated carbocycles. The van der Waals surface area contributed by atoms with Crippen molar-refractivity contribution in [3.63, 3.8) is 0 Å². The molecule has 3 unspecified atom stereocenters. The van der Waals surface area contributed by atoms with Crippen LogP contribution in [0.2, 0.25) is 0 Å². The molecule has 0 amide bonds. The van der Waals surface area contributed by atoms with Gasteiger partial charge in [0, 0.05) is 12.0 Å². The predicted molar refractivity (Wildman–Crippen MR) is 104 cm³/mol. The molecule has 1 saturated heterocycles. The van der Waals surface area contributed by atoms with E-state index < -0.39 is 40.4 Å². The van der Waals surface area contributed by atoms with Crippen molar-refractivity contribution in [2.24, 2.45) is 5.41 Å². The summed E-state index contributed by atoms with van der Waals surface area (Å²) in [5.74, 6) is -0.699. The van der Waals surface area contributed by atoms with Crippen LogP contribution in [-0.4, -0.2) is 46.1 Å². The number of rotatable bonds is 6. The second kappa shape index (κ2) is 6.84. The van der Waals surface area contributed by atoms with Crippen LogP contribution < -0.4 is 0 Å². The third-order valence-corrected chi connectivity index (χ3v) is 7.28. The highest BCUT2D eigenvalue weighted by molar-refractivity contribution is 5.87. The van der Waals surface area contributed by atoms with Crippen LogP contribution in [-0.2, 0) is 23.8 Å². The molecule has 0 aromatic rings. The number of hydrogen-bond donors (Lipinski definition) is 1. The summed E-state index contributed by atoms with van der Waals surface area (Å²) < 4.78 is 17.9. The van der Waals surface area contributed by atoms with Crippen molar-refractivity contribution in [3.05, 3.63) is 12.2 Å². The Hall–Kier alpha value is -1.40. The van der Waals surface area contributed by atoms with Crippen LogP contribution in [0.25, 0.3) is 0 Å². The molecular weight excluding hydrogens is 360 g/mol. The van der Waals surface area contributed by atoms with Crippen molar-refractivity contribution < 1.29 is 28.9 Å². The molecule has 0 aromatic carbocycles. The van der Waals surface area contributed by atoms with E-state index in [-0.39, 0.29) is 5.97 Å². The van der Waals surface area contributed by atoms with Gasteiger partial charge in [-0.05, 0) is 60.3 Å². The zero-order chi connectivity index (χ0) is 21.0. The van der Waals surface area contributed by atoms with Gasteiger partial charge in [0.25, 0.3) is 0 Å². The Bertz CT molecular complexity index is 667. The minimum absolute atomic E-state index is 0.250. The molecule has 2 bridgehead atoms. The summed E-state index contributed by atoms with van der Waals surface area (Å²) in [6.07, 6.45) is 4.21. The van der Waals surface area contributed by atoms with Crippen LogP contribution in [0.5, 0.6) is 0 Å². The summed E-state index contributed by atoms with van der Waals surface area (Å²) in [6.45, 7) is 12.4. The topological polar surface area (TPSA) is 82.1 Å². The summed E-state index contributed by atoms with van der Waals surface area (Å²) >= 11 is 0. The Morgan fingerprint density at radius 2 is 1.82 bits per heavy atom. The lowest BCUT2D eigenvalue weighted by Crippen LogP contribution is -2.60. The zero-order valence-corrected chi connectivity index (χ0v) is 17.8. The van der Waals surface area contributed by atoms with Crippen molar-refractivity contribution in [3.8, 4) is 0 Å². The van der Waals surface area contributed by atoms with Crippen LogP contribution in [0, 0.1) is 5.41 Å². The molecule has 3 aliphatic rings. The van der Waals surface area contributed by atoms with Crippen molar-refractivity contribution >= 4 is 11.9 Å². The highest BCUT2D eigenvalue weighted by Crippen LogP contribution is 2.60. The van der Waals surface area contributed by atoms with Gasteiger partial charge in [-0.15, -0.1) is 0 Å². The summed E-state index contributed by atoms with van der Waals surface area (Å²) in [5.41, 5.74) is -2.96. The summed E-state index contributed by atoms with van der Waals surface area (Å²) in [7, 11) is 0. The first kappa shape index (κ1) is 21.3. The first-order chi connectivity index (χ1) is 12.8. The number of hydrogen-bond acceptors (Lipinski definition) is 6. The third-order valence-electron chi connectivity index (χ3n) is 7.28. The maximum atomic E-state index is 13.1. The van der Waals surface area contributed by atoms with E-state index in [2.05, 4.69) is 6.58 Å². The molecule has 158 valence electrons. The summed E-state index contributed by atoms with van der Waals surface area (Å²) in [6, 6.07) is 0. The Kier molecular flexibility index (Phi) is 5.20. The van der Waals surface area contributed by atoms with E-state index in [4.69, 9.17) is 14.2 Å². The average Bonchev–Trinajstić information content (AvgIpc) is 3.14. The Labute approximate surface area is 167 Å². The Morgan fingerprint density at radius 1 is 1.21 bits per heavy atom. The van der Waals surface area contributed by atoms with E-state index in [1.54, 1.807) is 20.8 Å². The van der Waals surface area contributed by atoms with Crippen molar-refractivity contribution in [1.29, 1.82) is 0 Å². The molecule has 6 heteroatoms. The summed E-state index contributed by atoms with van der Waals surface area (Å²) in [5, 5.41) is 10.6. The predicted octanol–water partition coefficient (Wildman–Crippen LogP) is 3.45. The van der Waals surface area contributed by atoms with Crippen molar-refractivity contribution in [2.75, 3.05) is 0 Å². The maximum absolute atomic E-state index is 13.1. The van der Waals surface area contributed by atoms with E-state index >= 15 is 0 Å². The number of carbonyl (C=O) groups excluding carboxylic acids is 2. The Balaban J connectivity index is 1.88. The normalized spacial score (nSPS) is 32.1. The van der Waals surface area contributed by atoms with Crippen LogP contribution in [0.3, 0.4) is 0 Å². The van der Waals surface area contributed by atoms with Gasteiger partial charge in [-0.3, -0.25) is 4.79 Å². The quantitative estimate of drug-likeness (QED) is 0.549. The van der Waals surface area contributed by atoms with Gasteiger partial charge in [-0.1, -0.05) is 19.4 Å². The first-order valence-corrected chi connectivity index (χ1v) is 10.3. The van der Waals surface area contributed by atoms with Gasteiger partial charge in [0.2, 0.25) is 0 Å². The third kappa shape index (κ3) is 3.28. The van der Waals surface area contributed by atoms with Gasteiger partial charge >= 0.3 is 11.9 Å². The molecule has 2 aliphatic carbocycles. The molecule has 28 heavy (non-hydrogen) atoms. The number of esters is 2. The van der Waals surface area contributed by atoms with E-state index in [9.17, 15) is 14.7 Å². The second-order valence-electron chi connectivity index (χ2n) is 9.87. The molecular formula is C22H34O6. The fourth-order valence-electron chi connectivity index (χ4n) is 4.92. The molecule has 3 rings (SSSR count). The maximum Gasteiger partial charge on any atom is 0.333 e. The number of fused-ring (bicyclic) bond motifs is 2. The van der Waals surface area contributed by atoms with Crippen LogP contribution in [0.4, 0.5) is 0 Å². The first-order valence-electron chi connectivity index (χ1n) is 10.3. The zero-order valence-electron chi connectivity index (χ0n) is 17.8. The highest BCUT2D eigenvalue weighted by Gasteiger charge is 2.68. The van der Waals surface area contributed by atoms with Gasteiger partial charge in [0.05, 0.1) is 16.8 Å².